The molecule has 0 aromatic heterocycles. The Balaban J connectivity index is 3.06. The summed E-state index contributed by atoms with van der Waals surface area (Å²) >= 11 is 0. The molecule has 0 aliphatic rings. The predicted octanol–water partition coefficient (Wildman–Crippen LogP) is 2.98. The number of ether oxygens (including phenoxy) is 2. The second-order valence-electron chi connectivity index (χ2n) is 3.35. The summed E-state index contributed by atoms with van der Waals surface area (Å²) in [6, 6.07) is 6.20. The maximum atomic E-state index is 12.5. The molecule has 0 radical (unpaired) electrons. The number of methoxy groups -OCH3 is 2. The zero-order valence-electron chi connectivity index (χ0n) is 10.2. The SMILES string of the molecule is CO/C(O)=C(/[O+]=Cc1cccc(OC)c1)C(F)(F)F. The summed E-state index contributed by atoms with van der Waals surface area (Å²) in [7, 11) is 2.33. The van der Waals surface area contributed by atoms with E-state index >= 15 is 0 Å². The lowest BCUT2D eigenvalue weighted by molar-refractivity contribution is -0.292. The molecule has 7 heteroatoms. The topological polar surface area (TPSA) is 50.0 Å². The van der Waals surface area contributed by atoms with Crippen molar-refractivity contribution in [1.82, 2.24) is 0 Å². The summed E-state index contributed by atoms with van der Waals surface area (Å²) < 4.78 is 51.1. The number of rotatable bonds is 4. The van der Waals surface area contributed by atoms with Gasteiger partial charge in [-0.1, -0.05) is 6.07 Å². The largest absolute Gasteiger partial charge is 0.518 e. The van der Waals surface area contributed by atoms with Gasteiger partial charge in [0.15, 0.2) is 0 Å². The van der Waals surface area contributed by atoms with Crippen LogP contribution in [-0.2, 0) is 4.74 Å². The van der Waals surface area contributed by atoms with Crippen LogP contribution in [0.5, 0.6) is 5.75 Å². The van der Waals surface area contributed by atoms with Crippen LogP contribution in [0.2, 0.25) is 0 Å². The monoisotopic (exact) mass is 277 g/mol. The number of benzene rings is 1. The van der Waals surface area contributed by atoms with Crippen LogP contribution in [0.1, 0.15) is 9.99 Å². The fourth-order valence-electron chi connectivity index (χ4n) is 1.17. The number of allylic oxidation sites excluding steroid dienone is 1. The molecule has 1 rings (SSSR count). The van der Waals surface area contributed by atoms with Crippen LogP contribution >= 0.6 is 0 Å². The highest BCUT2D eigenvalue weighted by molar-refractivity contribution is 5.76. The summed E-state index contributed by atoms with van der Waals surface area (Å²) in [6.07, 6.45) is -4.03. The van der Waals surface area contributed by atoms with Gasteiger partial charge in [-0.2, -0.15) is 13.2 Å². The van der Waals surface area contributed by atoms with E-state index in [2.05, 4.69) is 9.16 Å². The van der Waals surface area contributed by atoms with E-state index in [0.29, 0.717) is 11.3 Å². The Kier molecular flexibility index (Phi) is 4.80. The van der Waals surface area contributed by atoms with Crippen molar-refractivity contribution < 1.29 is 32.2 Å². The zero-order valence-corrected chi connectivity index (χ0v) is 10.2. The molecular weight excluding hydrogens is 265 g/mol. The molecule has 1 aromatic carbocycles. The fourth-order valence-corrected chi connectivity index (χ4v) is 1.17. The standard InChI is InChI=1S/C12H11F3O4/c1-17-9-5-3-4-8(6-9)7-19-10(11(16)18-2)12(13,14)15/h3-7H,1-2H3/p+1/b11-10+. The van der Waals surface area contributed by atoms with Gasteiger partial charge in [0.25, 0.3) is 0 Å². The van der Waals surface area contributed by atoms with Gasteiger partial charge in [0.1, 0.15) is 5.75 Å². The first-order chi connectivity index (χ1) is 8.88. The molecule has 1 N–H and O–H groups in total. The van der Waals surface area contributed by atoms with Gasteiger partial charge in [0.05, 0.1) is 19.8 Å². The Labute approximate surface area is 107 Å². The van der Waals surface area contributed by atoms with E-state index in [1.807, 2.05) is 0 Å². The Morgan fingerprint density at radius 1 is 1.32 bits per heavy atom. The number of halogens is 3. The quantitative estimate of drug-likeness (QED) is 0.523. The summed E-state index contributed by atoms with van der Waals surface area (Å²) in [5.41, 5.74) is 0.338. The Morgan fingerprint density at radius 2 is 2.00 bits per heavy atom. The van der Waals surface area contributed by atoms with E-state index in [0.717, 1.165) is 13.4 Å². The Morgan fingerprint density at radius 3 is 2.53 bits per heavy atom. The van der Waals surface area contributed by atoms with Gasteiger partial charge in [-0.3, -0.25) is 0 Å². The third kappa shape index (κ3) is 4.20. The summed E-state index contributed by atoms with van der Waals surface area (Å²) in [5, 5.41) is 9.00. The summed E-state index contributed by atoms with van der Waals surface area (Å²) in [6.45, 7) is 0. The number of hydrogen-bond donors (Lipinski definition) is 1. The van der Waals surface area contributed by atoms with Crippen LogP contribution in [0.4, 0.5) is 13.2 Å². The lowest BCUT2D eigenvalue weighted by Crippen LogP contribution is -2.14. The van der Waals surface area contributed by atoms with E-state index in [9.17, 15) is 13.2 Å². The molecule has 104 valence electrons. The molecule has 1 aromatic rings. The lowest BCUT2D eigenvalue weighted by atomic mass is 10.2. The van der Waals surface area contributed by atoms with Crippen molar-refractivity contribution in [3.05, 3.63) is 41.5 Å². The van der Waals surface area contributed by atoms with Gasteiger partial charge >= 0.3 is 24.2 Å². The molecule has 0 atom stereocenters. The first kappa shape index (κ1) is 14.9. The highest BCUT2D eigenvalue weighted by atomic mass is 19.4. The number of hydrogen-bond acceptors (Lipinski definition) is 3. The molecule has 0 amide bonds. The number of aldehydes is 1. The first-order valence-corrected chi connectivity index (χ1v) is 5.07. The molecule has 0 aliphatic carbocycles. The van der Waals surface area contributed by atoms with Gasteiger partial charge < -0.3 is 14.6 Å². The van der Waals surface area contributed by atoms with Crippen molar-refractivity contribution in [2.75, 3.05) is 14.2 Å². The van der Waals surface area contributed by atoms with E-state index in [1.165, 1.54) is 19.2 Å². The van der Waals surface area contributed by atoms with E-state index < -0.39 is 17.9 Å². The number of aliphatic hydroxyl groups excluding tert-OH is 1. The van der Waals surface area contributed by atoms with Crippen LogP contribution in [-0.4, -0.2) is 31.8 Å². The second-order valence-corrected chi connectivity index (χ2v) is 3.35. The minimum atomic E-state index is -4.87. The van der Waals surface area contributed by atoms with Gasteiger partial charge in [-0.15, -0.1) is 0 Å². The number of aliphatic hydroxyl groups is 1. The molecule has 0 saturated heterocycles. The first-order valence-electron chi connectivity index (χ1n) is 5.07. The number of alkyl halides is 3. The van der Waals surface area contributed by atoms with E-state index in [4.69, 9.17) is 9.84 Å². The van der Waals surface area contributed by atoms with Gasteiger partial charge in [-0.05, 0) is 18.2 Å². The highest BCUT2D eigenvalue weighted by Gasteiger charge is 2.49. The average molecular weight is 277 g/mol. The lowest BCUT2D eigenvalue weighted by Gasteiger charge is -2.00. The smallest absolute Gasteiger partial charge is 0.497 e. The minimum absolute atomic E-state index is 0.338. The van der Waals surface area contributed by atoms with Crippen molar-refractivity contribution >= 4 is 6.29 Å². The van der Waals surface area contributed by atoms with Crippen molar-refractivity contribution in [1.29, 1.82) is 0 Å². The zero-order chi connectivity index (χ0) is 14.5. The highest BCUT2D eigenvalue weighted by Crippen LogP contribution is 2.28. The molecule has 0 aliphatic heterocycles. The molecular formula is C12H12F3O4+. The van der Waals surface area contributed by atoms with Crippen LogP contribution in [0.3, 0.4) is 0 Å². The number of carbonyl (C=O) groups excluding carboxylic acids is 1. The minimum Gasteiger partial charge on any atom is -0.497 e. The van der Waals surface area contributed by atoms with Crippen LogP contribution in [0, 0.1) is 0 Å². The van der Waals surface area contributed by atoms with Crippen molar-refractivity contribution in [2.24, 2.45) is 0 Å². The van der Waals surface area contributed by atoms with Crippen LogP contribution in [0.15, 0.2) is 36.0 Å². The molecule has 19 heavy (non-hydrogen) atoms. The summed E-state index contributed by atoms with van der Waals surface area (Å²) in [5.74, 6) is -2.50. The van der Waals surface area contributed by atoms with Gasteiger partial charge in [0, 0.05) is 0 Å². The third-order valence-electron chi connectivity index (χ3n) is 2.05. The molecule has 0 bridgehead atoms. The van der Waals surface area contributed by atoms with E-state index in [1.54, 1.807) is 12.1 Å². The van der Waals surface area contributed by atoms with E-state index in [-0.39, 0.29) is 0 Å². The van der Waals surface area contributed by atoms with Crippen LogP contribution in [0.25, 0.3) is 0 Å². The Bertz CT molecular complexity index is 492. The second kappa shape index (κ2) is 6.12. The normalized spacial score (nSPS) is 13.3. The maximum absolute atomic E-state index is 12.5. The predicted molar refractivity (Wildman–Crippen MR) is 61.1 cm³/mol. The van der Waals surface area contributed by atoms with Crippen molar-refractivity contribution in [2.45, 2.75) is 6.18 Å². The Hall–Kier alpha value is -2.18. The maximum Gasteiger partial charge on any atom is 0.518 e. The van der Waals surface area contributed by atoms with Crippen molar-refractivity contribution in [3.63, 3.8) is 0 Å². The molecule has 4 nitrogen and oxygen atoms in total. The molecule has 0 fully saturated rings. The van der Waals surface area contributed by atoms with Crippen LogP contribution < -0.4 is 4.74 Å². The molecule has 0 spiro atoms. The fraction of sp³-hybridized carbons (Fsp3) is 0.250. The van der Waals surface area contributed by atoms with Crippen molar-refractivity contribution in [3.8, 4) is 5.75 Å². The van der Waals surface area contributed by atoms with Gasteiger partial charge in [-0.25, -0.2) is 4.42 Å². The average Bonchev–Trinajstić information content (AvgIpc) is 2.37. The molecule has 0 heterocycles. The molecule has 0 unspecified atom stereocenters. The van der Waals surface area contributed by atoms with Gasteiger partial charge in [0.2, 0.25) is 0 Å². The third-order valence-corrected chi connectivity index (χ3v) is 2.05. The molecule has 0 saturated carbocycles. The summed E-state index contributed by atoms with van der Waals surface area (Å²) in [4.78, 5) is 0.